The minimum Gasteiger partial charge on any atom is -0.323 e. The van der Waals surface area contributed by atoms with E-state index in [1.807, 2.05) is 42.2 Å². The molecule has 0 atom stereocenters. The van der Waals surface area contributed by atoms with Gasteiger partial charge in [-0.05, 0) is 37.5 Å². The van der Waals surface area contributed by atoms with Crippen LogP contribution in [0.1, 0.15) is 22.3 Å². The normalized spacial score (nSPS) is 10.2. The van der Waals surface area contributed by atoms with Crippen LogP contribution in [0.3, 0.4) is 0 Å². The van der Waals surface area contributed by atoms with Crippen LogP contribution in [0.5, 0.6) is 0 Å². The smallest absolute Gasteiger partial charge is 0.132 e. The van der Waals surface area contributed by atoms with Crippen LogP contribution in [0, 0.1) is 19.3 Å². The first-order valence-electron chi connectivity index (χ1n) is 7.04. The molecule has 0 aliphatic rings. The summed E-state index contributed by atoms with van der Waals surface area (Å²) in [6.45, 7) is 4.87. The van der Waals surface area contributed by atoms with Gasteiger partial charge in [-0.1, -0.05) is 60.2 Å². The topological polar surface area (TPSA) is 27.1 Å². The van der Waals surface area contributed by atoms with Crippen molar-refractivity contribution in [2.75, 3.05) is 6.54 Å². The number of benzene rings is 2. The van der Waals surface area contributed by atoms with E-state index >= 15 is 0 Å². The number of thiocarbonyl (C=S) groups is 1. The fraction of sp³-hybridized carbons (Fsp3) is 0.222. The Morgan fingerprint density at radius 3 is 2.57 bits per heavy atom. The number of aryl methyl sites for hydroxylation is 2. The summed E-state index contributed by atoms with van der Waals surface area (Å²) in [7, 11) is 0. The first kappa shape index (κ1) is 15.4. The van der Waals surface area contributed by atoms with Crippen molar-refractivity contribution in [3.63, 3.8) is 0 Å². The Morgan fingerprint density at radius 2 is 1.90 bits per heavy atom. The summed E-state index contributed by atoms with van der Waals surface area (Å²) in [5, 5.41) is 8.33. The van der Waals surface area contributed by atoms with E-state index in [0.29, 0.717) is 5.84 Å². The fourth-order valence-corrected chi connectivity index (χ4v) is 2.52. The lowest BCUT2D eigenvalue weighted by molar-refractivity contribution is 0.624. The number of nitrogens with one attached hydrogen (secondary N) is 1. The standard InChI is InChI=1S/C18H20N2S/c1-14-6-5-9-17(12-14)18(19)20(13-21)11-10-16-8-4-3-7-15(16)2/h3-9,12-13,19H,10-11H2,1-2H3. The monoisotopic (exact) mass is 296 g/mol. The third-order valence-corrected chi connectivity index (χ3v) is 3.84. The maximum atomic E-state index is 8.33. The summed E-state index contributed by atoms with van der Waals surface area (Å²) < 4.78 is 0. The molecule has 0 saturated heterocycles. The number of hydrogen-bond donors (Lipinski definition) is 1. The molecule has 1 N–H and O–H groups in total. The zero-order valence-corrected chi connectivity index (χ0v) is 13.3. The molecule has 0 aliphatic carbocycles. The minimum absolute atomic E-state index is 0.460. The maximum absolute atomic E-state index is 8.33. The number of nitrogens with zero attached hydrogens (tertiary/aromatic N) is 1. The lowest BCUT2D eigenvalue weighted by Gasteiger charge is -2.20. The van der Waals surface area contributed by atoms with E-state index in [1.165, 1.54) is 11.1 Å². The Bertz CT molecular complexity index is 649. The lowest BCUT2D eigenvalue weighted by atomic mass is 10.1. The Morgan fingerprint density at radius 1 is 1.14 bits per heavy atom. The molecule has 0 spiro atoms. The Kier molecular flexibility index (Phi) is 5.23. The van der Waals surface area contributed by atoms with Gasteiger partial charge in [-0.2, -0.15) is 0 Å². The predicted molar refractivity (Wildman–Crippen MR) is 93.3 cm³/mol. The molecule has 2 rings (SSSR count). The molecule has 0 aromatic heterocycles. The van der Waals surface area contributed by atoms with Gasteiger partial charge < -0.3 is 4.90 Å². The van der Waals surface area contributed by atoms with Gasteiger partial charge >= 0.3 is 0 Å². The highest BCUT2D eigenvalue weighted by Gasteiger charge is 2.10. The molecule has 0 unspecified atom stereocenters. The van der Waals surface area contributed by atoms with Crippen molar-refractivity contribution in [2.24, 2.45) is 0 Å². The van der Waals surface area contributed by atoms with Gasteiger partial charge in [-0.25, -0.2) is 0 Å². The van der Waals surface area contributed by atoms with Crippen LogP contribution in [0.2, 0.25) is 0 Å². The van der Waals surface area contributed by atoms with Gasteiger partial charge in [0.05, 0.1) is 5.49 Å². The van der Waals surface area contributed by atoms with Gasteiger partial charge in [0.1, 0.15) is 5.84 Å². The van der Waals surface area contributed by atoms with Gasteiger partial charge in [0.25, 0.3) is 0 Å². The van der Waals surface area contributed by atoms with Crippen LogP contribution in [-0.2, 0) is 6.42 Å². The van der Waals surface area contributed by atoms with Crippen LogP contribution >= 0.6 is 12.2 Å². The molecule has 0 aliphatic heterocycles. The van der Waals surface area contributed by atoms with Crippen LogP contribution in [0.25, 0.3) is 0 Å². The largest absolute Gasteiger partial charge is 0.323 e. The average molecular weight is 296 g/mol. The molecule has 0 fully saturated rings. The summed E-state index contributed by atoms with van der Waals surface area (Å²) in [6.07, 6.45) is 0.883. The quantitative estimate of drug-likeness (QED) is 0.510. The summed E-state index contributed by atoms with van der Waals surface area (Å²) in [5.74, 6) is 0.460. The summed E-state index contributed by atoms with van der Waals surface area (Å²) in [5.41, 5.74) is 6.21. The Hall–Kier alpha value is -2.00. The molecule has 2 nitrogen and oxygen atoms in total. The van der Waals surface area contributed by atoms with E-state index in [4.69, 9.17) is 17.6 Å². The van der Waals surface area contributed by atoms with Crippen molar-refractivity contribution in [2.45, 2.75) is 20.3 Å². The molecule has 2 aromatic carbocycles. The molecule has 0 heterocycles. The average Bonchev–Trinajstić information content (AvgIpc) is 2.49. The Labute approximate surface area is 131 Å². The molecular weight excluding hydrogens is 276 g/mol. The molecule has 0 bridgehead atoms. The molecule has 108 valence electrons. The molecule has 2 aromatic rings. The molecule has 0 saturated carbocycles. The van der Waals surface area contributed by atoms with E-state index < -0.39 is 0 Å². The zero-order chi connectivity index (χ0) is 15.2. The van der Waals surface area contributed by atoms with Crippen molar-refractivity contribution >= 4 is 23.5 Å². The highest BCUT2D eigenvalue weighted by Crippen LogP contribution is 2.11. The van der Waals surface area contributed by atoms with Crippen LogP contribution in [0.4, 0.5) is 0 Å². The van der Waals surface area contributed by atoms with Crippen molar-refractivity contribution < 1.29 is 0 Å². The van der Waals surface area contributed by atoms with E-state index in [1.54, 1.807) is 5.49 Å². The van der Waals surface area contributed by atoms with Crippen LogP contribution in [-0.4, -0.2) is 22.8 Å². The van der Waals surface area contributed by atoms with Gasteiger partial charge in [0, 0.05) is 12.1 Å². The summed E-state index contributed by atoms with van der Waals surface area (Å²) >= 11 is 5.09. The minimum atomic E-state index is 0.460. The molecular formula is C18H20N2S. The third kappa shape index (κ3) is 3.99. The Balaban J connectivity index is 2.08. The molecule has 0 radical (unpaired) electrons. The number of hydrogen-bond acceptors (Lipinski definition) is 2. The van der Waals surface area contributed by atoms with Crippen molar-refractivity contribution in [3.8, 4) is 0 Å². The van der Waals surface area contributed by atoms with Gasteiger partial charge in [0.2, 0.25) is 0 Å². The van der Waals surface area contributed by atoms with Gasteiger partial charge in [-0.15, -0.1) is 0 Å². The van der Waals surface area contributed by atoms with E-state index in [2.05, 4.69) is 25.1 Å². The van der Waals surface area contributed by atoms with Gasteiger partial charge in [-0.3, -0.25) is 5.41 Å². The highest BCUT2D eigenvalue weighted by molar-refractivity contribution is 7.78. The van der Waals surface area contributed by atoms with E-state index in [9.17, 15) is 0 Å². The zero-order valence-electron chi connectivity index (χ0n) is 12.5. The second-order valence-electron chi connectivity index (χ2n) is 5.19. The maximum Gasteiger partial charge on any atom is 0.132 e. The number of rotatable bonds is 5. The second kappa shape index (κ2) is 7.14. The molecule has 21 heavy (non-hydrogen) atoms. The lowest BCUT2D eigenvalue weighted by Crippen LogP contribution is -2.31. The van der Waals surface area contributed by atoms with E-state index in [-0.39, 0.29) is 0 Å². The third-order valence-electron chi connectivity index (χ3n) is 3.59. The van der Waals surface area contributed by atoms with Crippen LogP contribution in [0.15, 0.2) is 48.5 Å². The molecule has 0 amide bonds. The van der Waals surface area contributed by atoms with Gasteiger partial charge in [0.15, 0.2) is 0 Å². The first-order valence-corrected chi connectivity index (χ1v) is 7.51. The van der Waals surface area contributed by atoms with Crippen molar-refractivity contribution in [1.82, 2.24) is 4.90 Å². The van der Waals surface area contributed by atoms with Crippen molar-refractivity contribution in [3.05, 3.63) is 70.8 Å². The first-order chi connectivity index (χ1) is 10.1. The van der Waals surface area contributed by atoms with Crippen LogP contribution < -0.4 is 0 Å². The second-order valence-corrected chi connectivity index (χ2v) is 5.40. The van der Waals surface area contributed by atoms with Crippen molar-refractivity contribution in [1.29, 1.82) is 5.41 Å². The fourth-order valence-electron chi connectivity index (χ4n) is 2.31. The summed E-state index contributed by atoms with van der Waals surface area (Å²) in [4.78, 5) is 1.83. The SMILES string of the molecule is Cc1cccc(C(=N)N(C=S)CCc2ccccc2C)c1. The molecule has 3 heteroatoms. The van der Waals surface area contributed by atoms with E-state index in [0.717, 1.165) is 24.1 Å². The highest BCUT2D eigenvalue weighted by atomic mass is 32.1. The predicted octanol–water partition coefficient (Wildman–Crippen LogP) is 4.13. The number of amidine groups is 1. The summed E-state index contributed by atoms with van der Waals surface area (Å²) in [6, 6.07) is 16.3.